The third kappa shape index (κ3) is 4.53. The minimum absolute atomic E-state index is 0.0581. The number of amides is 1. The average Bonchev–Trinajstić information content (AvgIpc) is 2.47. The lowest BCUT2D eigenvalue weighted by Crippen LogP contribution is -2.50. The molecule has 1 aromatic carbocycles. The Hall–Kier alpha value is -0.910. The number of piperazine rings is 1. The first-order valence-electron chi connectivity index (χ1n) is 7.50. The molecular weight excluding hydrogens is 330 g/mol. The molecule has 1 aliphatic rings. The highest BCUT2D eigenvalue weighted by molar-refractivity contribution is 9.10. The van der Waals surface area contributed by atoms with Gasteiger partial charge in [-0.2, -0.15) is 0 Å². The van der Waals surface area contributed by atoms with Gasteiger partial charge in [0.1, 0.15) is 0 Å². The molecule has 0 bridgehead atoms. The summed E-state index contributed by atoms with van der Waals surface area (Å²) in [6.07, 6.45) is 0.447. The van der Waals surface area contributed by atoms with Gasteiger partial charge in [-0.1, -0.05) is 28.1 Å². The summed E-state index contributed by atoms with van der Waals surface area (Å²) in [4.78, 5) is 16.4. The molecule has 1 amide bonds. The van der Waals surface area contributed by atoms with Gasteiger partial charge < -0.3 is 10.6 Å². The summed E-state index contributed by atoms with van der Waals surface area (Å²) in [6, 6.07) is 8.79. The molecular formula is C16H24BrN3O. The lowest BCUT2D eigenvalue weighted by Gasteiger charge is -2.38. The molecule has 2 rings (SSSR count). The lowest BCUT2D eigenvalue weighted by atomic mass is 10.1. The predicted octanol–water partition coefficient (Wildman–Crippen LogP) is 2.39. The van der Waals surface area contributed by atoms with Crippen molar-refractivity contribution in [2.75, 3.05) is 26.2 Å². The highest BCUT2D eigenvalue weighted by Gasteiger charge is 2.24. The van der Waals surface area contributed by atoms with Crippen LogP contribution in [0, 0.1) is 0 Å². The van der Waals surface area contributed by atoms with Gasteiger partial charge in [0.25, 0.3) is 0 Å². The summed E-state index contributed by atoms with van der Waals surface area (Å²) in [5.41, 5.74) is 7.02. The van der Waals surface area contributed by atoms with Crippen LogP contribution in [0.1, 0.15) is 31.9 Å². The van der Waals surface area contributed by atoms with Crippen molar-refractivity contribution in [2.24, 2.45) is 5.73 Å². The van der Waals surface area contributed by atoms with Gasteiger partial charge >= 0.3 is 0 Å². The molecule has 1 aromatic rings. The molecule has 0 saturated carbocycles. The Bertz CT molecular complexity index is 467. The molecule has 1 fully saturated rings. The van der Waals surface area contributed by atoms with E-state index in [1.54, 1.807) is 0 Å². The first-order valence-corrected chi connectivity index (χ1v) is 8.29. The molecule has 116 valence electrons. The van der Waals surface area contributed by atoms with E-state index >= 15 is 0 Å². The molecule has 2 unspecified atom stereocenters. The first kappa shape index (κ1) is 16.5. The summed E-state index contributed by atoms with van der Waals surface area (Å²) in [5.74, 6) is 0.181. The molecule has 2 N–H and O–H groups in total. The van der Waals surface area contributed by atoms with Crippen molar-refractivity contribution in [1.82, 2.24) is 9.80 Å². The van der Waals surface area contributed by atoms with Gasteiger partial charge in [0.05, 0.1) is 0 Å². The Balaban J connectivity index is 1.88. The third-order valence-corrected chi connectivity index (χ3v) is 4.59. The minimum Gasteiger partial charge on any atom is -0.340 e. The van der Waals surface area contributed by atoms with Gasteiger partial charge in [-0.15, -0.1) is 0 Å². The maximum atomic E-state index is 12.0. The second kappa shape index (κ2) is 7.38. The van der Waals surface area contributed by atoms with Crippen LogP contribution in [0.4, 0.5) is 0 Å². The van der Waals surface area contributed by atoms with Crippen molar-refractivity contribution in [3.05, 3.63) is 34.3 Å². The van der Waals surface area contributed by atoms with Gasteiger partial charge in [0.2, 0.25) is 5.91 Å². The van der Waals surface area contributed by atoms with Crippen LogP contribution in [-0.2, 0) is 4.79 Å². The van der Waals surface area contributed by atoms with E-state index in [2.05, 4.69) is 52.0 Å². The Morgan fingerprint density at radius 1 is 1.19 bits per heavy atom. The number of nitrogens with two attached hydrogens (primary N) is 1. The standard InChI is InChI=1S/C16H24BrN3O/c1-12(18)11-16(21)20-9-7-19(8-10-20)13(2)14-3-5-15(17)6-4-14/h3-6,12-13H,7-11,18H2,1-2H3. The monoisotopic (exact) mass is 353 g/mol. The maximum Gasteiger partial charge on any atom is 0.224 e. The topological polar surface area (TPSA) is 49.6 Å². The van der Waals surface area contributed by atoms with Gasteiger partial charge in [-0.3, -0.25) is 9.69 Å². The fourth-order valence-electron chi connectivity index (χ4n) is 2.72. The number of benzene rings is 1. The van der Waals surface area contributed by atoms with Crippen molar-refractivity contribution in [1.29, 1.82) is 0 Å². The van der Waals surface area contributed by atoms with Crippen LogP contribution in [-0.4, -0.2) is 47.9 Å². The van der Waals surface area contributed by atoms with Crippen molar-refractivity contribution in [2.45, 2.75) is 32.4 Å². The van der Waals surface area contributed by atoms with E-state index in [1.807, 2.05) is 11.8 Å². The van der Waals surface area contributed by atoms with Gasteiger partial charge in [-0.05, 0) is 31.5 Å². The quantitative estimate of drug-likeness (QED) is 0.903. The summed E-state index contributed by atoms with van der Waals surface area (Å²) in [6.45, 7) is 7.54. The fraction of sp³-hybridized carbons (Fsp3) is 0.562. The number of rotatable bonds is 4. The van der Waals surface area contributed by atoms with Crippen molar-refractivity contribution < 1.29 is 4.79 Å². The normalized spacial score (nSPS) is 19.3. The summed E-state index contributed by atoms with van der Waals surface area (Å²) in [7, 11) is 0. The molecule has 0 radical (unpaired) electrons. The second-order valence-corrected chi connectivity index (χ2v) is 6.74. The van der Waals surface area contributed by atoms with Crippen LogP contribution < -0.4 is 5.73 Å². The highest BCUT2D eigenvalue weighted by Crippen LogP contribution is 2.23. The zero-order chi connectivity index (χ0) is 15.4. The molecule has 1 heterocycles. The maximum absolute atomic E-state index is 12.0. The molecule has 5 heteroatoms. The highest BCUT2D eigenvalue weighted by atomic mass is 79.9. The van der Waals surface area contributed by atoms with Gasteiger partial charge in [0, 0.05) is 49.2 Å². The number of halogens is 1. The zero-order valence-corrected chi connectivity index (χ0v) is 14.3. The Kier molecular flexibility index (Phi) is 5.79. The SMILES string of the molecule is CC(N)CC(=O)N1CCN(C(C)c2ccc(Br)cc2)CC1. The molecule has 4 nitrogen and oxygen atoms in total. The Morgan fingerprint density at radius 3 is 2.29 bits per heavy atom. The fourth-order valence-corrected chi connectivity index (χ4v) is 2.98. The molecule has 0 spiro atoms. The van der Waals surface area contributed by atoms with Crippen molar-refractivity contribution >= 4 is 21.8 Å². The van der Waals surface area contributed by atoms with Crippen LogP contribution in [0.15, 0.2) is 28.7 Å². The molecule has 1 aliphatic heterocycles. The Labute approximate surface area is 135 Å². The van der Waals surface area contributed by atoms with E-state index in [1.165, 1.54) is 5.56 Å². The van der Waals surface area contributed by atoms with Gasteiger partial charge in [-0.25, -0.2) is 0 Å². The van der Waals surface area contributed by atoms with Crippen LogP contribution in [0.5, 0.6) is 0 Å². The van der Waals surface area contributed by atoms with E-state index in [9.17, 15) is 4.79 Å². The number of hydrogen-bond donors (Lipinski definition) is 1. The number of carbonyl (C=O) groups is 1. The Morgan fingerprint density at radius 2 is 1.76 bits per heavy atom. The molecule has 0 aromatic heterocycles. The molecule has 21 heavy (non-hydrogen) atoms. The van der Waals surface area contributed by atoms with Crippen LogP contribution in [0.3, 0.4) is 0 Å². The smallest absolute Gasteiger partial charge is 0.224 e. The predicted molar refractivity (Wildman–Crippen MR) is 89.0 cm³/mol. The number of nitrogens with zero attached hydrogens (tertiary/aromatic N) is 2. The van der Waals surface area contributed by atoms with E-state index in [0.717, 1.165) is 30.7 Å². The van der Waals surface area contributed by atoms with Crippen LogP contribution >= 0.6 is 15.9 Å². The minimum atomic E-state index is -0.0581. The second-order valence-electron chi connectivity index (χ2n) is 5.83. The summed E-state index contributed by atoms with van der Waals surface area (Å²) in [5, 5.41) is 0. The summed E-state index contributed by atoms with van der Waals surface area (Å²) >= 11 is 3.47. The number of carbonyl (C=O) groups excluding carboxylic acids is 1. The molecule has 2 atom stereocenters. The van der Waals surface area contributed by atoms with E-state index in [-0.39, 0.29) is 11.9 Å². The zero-order valence-electron chi connectivity index (χ0n) is 12.8. The van der Waals surface area contributed by atoms with E-state index in [4.69, 9.17) is 5.73 Å². The summed E-state index contributed by atoms with van der Waals surface area (Å²) < 4.78 is 1.10. The van der Waals surface area contributed by atoms with E-state index in [0.29, 0.717) is 12.5 Å². The van der Waals surface area contributed by atoms with Crippen molar-refractivity contribution in [3.8, 4) is 0 Å². The van der Waals surface area contributed by atoms with Crippen LogP contribution in [0.2, 0.25) is 0 Å². The number of hydrogen-bond acceptors (Lipinski definition) is 3. The van der Waals surface area contributed by atoms with Crippen molar-refractivity contribution in [3.63, 3.8) is 0 Å². The van der Waals surface area contributed by atoms with Gasteiger partial charge in [0.15, 0.2) is 0 Å². The van der Waals surface area contributed by atoms with E-state index < -0.39 is 0 Å². The molecule has 0 aliphatic carbocycles. The molecule has 1 saturated heterocycles. The lowest BCUT2D eigenvalue weighted by molar-refractivity contribution is -0.133. The van der Waals surface area contributed by atoms with Crippen LogP contribution in [0.25, 0.3) is 0 Å². The first-order chi connectivity index (χ1) is 9.97. The largest absolute Gasteiger partial charge is 0.340 e. The third-order valence-electron chi connectivity index (χ3n) is 4.06. The average molecular weight is 354 g/mol.